The van der Waals surface area contributed by atoms with E-state index < -0.39 is 0 Å². The number of aromatic amines is 1. The van der Waals surface area contributed by atoms with E-state index in [2.05, 4.69) is 29.8 Å². The second-order valence-electron chi connectivity index (χ2n) is 7.49. The number of piperidine rings is 1. The van der Waals surface area contributed by atoms with E-state index in [0.29, 0.717) is 17.1 Å². The van der Waals surface area contributed by atoms with Crippen molar-refractivity contribution in [3.05, 3.63) is 36.5 Å². The molecule has 5 rings (SSSR count). The van der Waals surface area contributed by atoms with E-state index in [-0.39, 0.29) is 12.0 Å². The minimum atomic E-state index is 0.0867. The molecule has 9 nitrogen and oxygen atoms in total. The molecule has 0 spiro atoms. The normalized spacial score (nSPS) is 17.8. The summed E-state index contributed by atoms with van der Waals surface area (Å²) >= 11 is 0. The molecule has 2 aliphatic rings. The largest absolute Gasteiger partial charge is 0.473 e. The SMILES string of the molecule is O=C(c1ccc(N2CCC(Oc3ncnc4nc[nH]c34)CC2)nc1)N1CCCC1. The number of hydrogen-bond acceptors (Lipinski definition) is 7. The zero-order valence-corrected chi connectivity index (χ0v) is 16.1. The number of rotatable bonds is 4. The van der Waals surface area contributed by atoms with Gasteiger partial charge in [0.05, 0.1) is 11.9 Å². The molecule has 0 aromatic carbocycles. The molecule has 1 N–H and O–H groups in total. The highest BCUT2D eigenvalue weighted by Gasteiger charge is 2.24. The van der Waals surface area contributed by atoms with Gasteiger partial charge in [0.15, 0.2) is 5.65 Å². The highest BCUT2D eigenvalue weighted by Crippen LogP contribution is 2.24. The first-order chi connectivity index (χ1) is 14.3. The summed E-state index contributed by atoms with van der Waals surface area (Å²) < 4.78 is 6.10. The predicted octanol–water partition coefficient (Wildman–Crippen LogP) is 2.03. The van der Waals surface area contributed by atoms with E-state index in [4.69, 9.17) is 4.74 Å². The fraction of sp³-hybridized carbons (Fsp3) is 0.450. The van der Waals surface area contributed by atoms with Gasteiger partial charge in [-0.25, -0.2) is 15.0 Å². The molecule has 0 radical (unpaired) electrons. The molecule has 3 aromatic heterocycles. The van der Waals surface area contributed by atoms with Crippen LogP contribution in [0, 0.1) is 0 Å². The smallest absolute Gasteiger partial charge is 0.255 e. The Hall–Kier alpha value is -3.23. The quantitative estimate of drug-likeness (QED) is 0.724. The molecule has 2 fully saturated rings. The van der Waals surface area contributed by atoms with Crippen LogP contribution in [0.5, 0.6) is 5.88 Å². The molecule has 0 aliphatic carbocycles. The lowest BCUT2D eigenvalue weighted by atomic mass is 10.1. The molecule has 9 heteroatoms. The summed E-state index contributed by atoms with van der Waals surface area (Å²) in [5.41, 5.74) is 2.01. The first kappa shape index (κ1) is 17.8. The van der Waals surface area contributed by atoms with Crippen molar-refractivity contribution in [3.8, 4) is 5.88 Å². The number of aromatic nitrogens is 5. The minimum absolute atomic E-state index is 0.0867. The third-order valence-corrected chi connectivity index (χ3v) is 5.62. The molecule has 0 saturated carbocycles. The Balaban J connectivity index is 1.19. The number of anilines is 1. The first-order valence-electron chi connectivity index (χ1n) is 10.1. The number of amides is 1. The molecule has 0 unspecified atom stereocenters. The van der Waals surface area contributed by atoms with Crippen molar-refractivity contribution in [1.82, 2.24) is 29.8 Å². The number of fused-ring (bicyclic) bond motifs is 1. The standard InChI is InChI=1S/C20H23N7O2/c28-20(27-7-1-2-8-27)14-3-4-16(21-11-14)26-9-5-15(6-10-26)29-19-17-18(23-12-22-17)24-13-25-19/h3-4,11-13,15H,1-2,5-10H2,(H,22,23,24,25). The zero-order chi connectivity index (χ0) is 19.6. The van der Waals surface area contributed by atoms with Gasteiger partial charge >= 0.3 is 0 Å². The Morgan fingerprint density at radius 2 is 1.86 bits per heavy atom. The number of carbonyl (C=O) groups is 1. The lowest BCUT2D eigenvalue weighted by molar-refractivity contribution is 0.0792. The van der Waals surface area contributed by atoms with E-state index in [1.54, 1.807) is 12.5 Å². The maximum atomic E-state index is 12.5. The van der Waals surface area contributed by atoms with Crippen LogP contribution in [0.4, 0.5) is 5.82 Å². The van der Waals surface area contributed by atoms with E-state index in [1.165, 1.54) is 6.33 Å². The summed E-state index contributed by atoms with van der Waals surface area (Å²) in [5, 5.41) is 0. The monoisotopic (exact) mass is 393 g/mol. The van der Waals surface area contributed by atoms with Gasteiger partial charge in [0, 0.05) is 45.2 Å². The van der Waals surface area contributed by atoms with Crippen LogP contribution in [0.25, 0.3) is 11.2 Å². The molecule has 150 valence electrons. The molecular weight excluding hydrogens is 370 g/mol. The lowest BCUT2D eigenvalue weighted by Crippen LogP contribution is -2.38. The molecule has 3 aromatic rings. The van der Waals surface area contributed by atoms with Crippen molar-refractivity contribution >= 4 is 22.9 Å². The van der Waals surface area contributed by atoms with Gasteiger partial charge in [-0.2, -0.15) is 4.98 Å². The number of nitrogens with zero attached hydrogens (tertiary/aromatic N) is 6. The molecular formula is C20H23N7O2. The number of ether oxygens (including phenoxy) is 1. The minimum Gasteiger partial charge on any atom is -0.473 e. The van der Waals surface area contributed by atoms with Crippen LogP contribution >= 0.6 is 0 Å². The summed E-state index contributed by atoms with van der Waals surface area (Å²) in [6, 6.07) is 3.84. The van der Waals surface area contributed by atoms with Gasteiger partial charge in [-0.1, -0.05) is 0 Å². The number of imidazole rings is 1. The topological polar surface area (TPSA) is 100 Å². The van der Waals surface area contributed by atoms with Crippen LogP contribution in [-0.4, -0.2) is 68.0 Å². The highest BCUT2D eigenvalue weighted by atomic mass is 16.5. The molecule has 0 bridgehead atoms. The lowest BCUT2D eigenvalue weighted by Gasteiger charge is -2.32. The van der Waals surface area contributed by atoms with Crippen molar-refractivity contribution in [2.75, 3.05) is 31.1 Å². The number of H-pyrrole nitrogens is 1. The van der Waals surface area contributed by atoms with Gasteiger partial charge in [0.1, 0.15) is 23.8 Å². The van der Waals surface area contributed by atoms with E-state index in [0.717, 1.165) is 63.2 Å². The number of pyridine rings is 1. The maximum absolute atomic E-state index is 12.5. The molecule has 2 saturated heterocycles. The van der Waals surface area contributed by atoms with E-state index >= 15 is 0 Å². The molecule has 29 heavy (non-hydrogen) atoms. The van der Waals surface area contributed by atoms with Crippen molar-refractivity contribution < 1.29 is 9.53 Å². The van der Waals surface area contributed by atoms with Crippen LogP contribution in [0.2, 0.25) is 0 Å². The average molecular weight is 393 g/mol. The van der Waals surface area contributed by atoms with Gasteiger partial charge in [-0.15, -0.1) is 0 Å². The summed E-state index contributed by atoms with van der Waals surface area (Å²) in [4.78, 5) is 36.7. The molecule has 0 atom stereocenters. The van der Waals surface area contributed by atoms with E-state index in [9.17, 15) is 4.79 Å². The van der Waals surface area contributed by atoms with Crippen LogP contribution in [0.1, 0.15) is 36.0 Å². The van der Waals surface area contributed by atoms with Crippen molar-refractivity contribution in [1.29, 1.82) is 0 Å². The van der Waals surface area contributed by atoms with Crippen molar-refractivity contribution in [3.63, 3.8) is 0 Å². The van der Waals surface area contributed by atoms with Crippen LogP contribution in [0.15, 0.2) is 31.0 Å². The van der Waals surface area contributed by atoms with Gasteiger partial charge in [0.2, 0.25) is 5.88 Å². The third kappa shape index (κ3) is 3.59. The van der Waals surface area contributed by atoms with Crippen LogP contribution < -0.4 is 9.64 Å². The molecule has 5 heterocycles. The number of hydrogen-bond donors (Lipinski definition) is 1. The number of likely N-dealkylation sites (tertiary alicyclic amines) is 1. The molecule has 2 aliphatic heterocycles. The summed E-state index contributed by atoms with van der Waals surface area (Å²) in [6.45, 7) is 3.39. The van der Waals surface area contributed by atoms with E-state index in [1.807, 2.05) is 17.0 Å². The Morgan fingerprint density at radius 1 is 1.03 bits per heavy atom. The molecule has 1 amide bonds. The van der Waals surface area contributed by atoms with Crippen LogP contribution in [0.3, 0.4) is 0 Å². The first-order valence-corrected chi connectivity index (χ1v) is 10.1. The third-order valence-electron chi connectivity index (χ3n) is 5.62. The Bertz CT molecular complexity index is 989. The average Bonchev–Trinajstić information content (AvgIpc) is 3.47. The second-order valence-corrected chi connectivity index (χ2v) is 7.49. The number of carbonyl (C=O) groups excluding carboxylic acids is 1. The van der Waals surface area contributed by atoms with Gasteiger partial charge in [-0.3, -0.25) is 4.79 Å². The highest BCUT2D eigenvalue weighted by molar-refractivity contribution is 5.94. The van der Waals surface area contributed by atoms with Gasteiger partial charge < -0.3 is 19.5 Å². The van der Waals surface area contributed by atoms with Crippen molar-refractivity contribution in [2.45, 2.75) is 31.8 Å². The Kier molecular flexibility index (Phi) is 4.71. The van der Waals surface area contributed by atoms with Gasteiger partial charge in [0.25, 0.3) is 5.91 Å². The van der Waals surface area contributed by atoms with Crippen LogP contribution in [-0.2, 0) is 0 Å². The summed E-state index contributed by atoms with van der Waals surface area (Å²) in [7, 11) is 0. The Labute approximate surface area is 168 Å². The zero-order valence-electron chi connectivity index (χ0n) is 16.1. The summed E-state index contributed by atoms with van der Waals surface area (Å²) in [6.07, 6.45) is 8.79. The predicted molar refractivity (Wildman–Crippen MR) is 107 cm³/mol. The summed E-state index contributed by atoms with van der Waals surface area (Å²) in [5.74, 6) is 1.54. The van der Waals surface area contributed by atoms with Crippen molar-refractivity contribution in [2.24, 2.45) is 0 Å². The fourth-order valence-electron chi connectivity index (χ4n) is 4.00. The second kappa shape index (κ2) is 7.65. The number of nitrogens with one attached hydrogen (secondary N) is 1. The fourth-order valence-corrected chi connectivity index (χ4v) is 4.00. The Morgan fingerprint density at radius 3 is 2.62 bits per heavy atom. The maximum Gasteiger partial charge on any atom is 0.255 e. The van der Waals surface area contributed by atoms with Gasteiger partial charge in [-0.05, 0) is 25.0 Å².